The number of aliphatic hydroxyl groups is 8. The fraction of sp³-hybridized carbons (Fsp3) is 0.941. The molecule has 14 nitrogen and oxygen atoms in total. The van der Waals surface area contributed by atoms with E-state index < -0.39 is 68.3 Å². The number of oxime groups is 1. The van der Waals surface area contributed by atoms with Crippen molar-refractivity contribution < 1.29 is 59.9 Å². The first-order valence-electron chi connectivity index (χ1n) is 9.82. The van der Waals surface area contributed by atoms with E-state index in [0.717, 1.165) is 6.21 Å². The fourth-order valence-electron chi connectivity index (χ4n) is 2.66. The van der Waals surface area contributed by atoms with Crippen molar-refractivity contribution in [3.63, 3.8) is 0 Å². The van der Waals surface area contributed by atoms with Crippen LogP contribution in [0.25, 0.3) is 0 Å². The van der Waals surface area contributed by atoms with Gasteiger partial charge in [-0.3, -0.25) is 0 Å². The number of hydrogen-bond acceptors (Lipinski definition) is 14. The molecular weight excluding hydrogens is 424 g/mol. The van der Waals surface area contributed by atoms with E-state index in [1.165, 1.54) is 0 Å². The smallest absolute Gasteiger partial charge is 0.187 e. The maximum Gasteiger partial charge on any atom is 0.187 e. The van der Waals surface area contributed by atoms with Gasteiger partial charge in [-0.25, -0.2) is 0 Å². The van der Waals surface area contributed by atoms with Crippen molar-refractivity contribution in [3.8, 4) is 0 Å². The lowest BCUT2D eigenvalue weighted by Crippen LogP contribution is -2.61. The second-order valence-electron chi connectivity index (χ2n) is 6.87. The second kappa shape index (κ2) is 14.9. The minimum absolute atomic E-state index is 0.0634. The molecule has 0 aliphatic carbocycles. The second-order valence-corrected chi connectivity index (χ2v) is 6.87. The van der Waals surface area contributed by atoms with E-state index in [9.17, 15) is 40.9 Å². The van der Waals surface area contributed by atoms with Gasteiger partial charge in [0.25, 0.3) is 0 Å². The molecule has 0 radical (unpaired) electrons. The highest BCUT2D eigenvalue weighted by Crippen LogP contribution is 2.24. The summed E-state index contributed by atoms with van der Waals surface area (Å²) in [5.41, 5.74) is 5.32. The lowest BCUT2D eigenvalue weighted by molar-refractivity contribution is -0.326. The standard InChI is InChI=1S/C17H34N2O12/c18-2-1-3-28-4-5-29-19-6-9(22)12(24)16(10(23)7-20)31-17-15(27)14(26)13(25)11(8-21)30-17/h6,9-17,20-27H,1-5,7-8,18H2/b19-6+/t9-,10+,11+,12+,13+,14-,15+,16+,17-/m0/s1. The zero-order valence-electron chi connectivity index (χ0n) is 17.0. The van der Waals surface area contributed by atoms with Gasteiger partial charge in [-0.1, -0.05) is 5.16 Å². The molecule has 0 unspecified atom stereocenters. The van der Waals surface area contributed by atoms with Crippen LogP contribution >= 0.6 is 0 Å². The van der Waals surface area contributed by atoms with Crippen LogP contribution in [0.15, 0.2) is 5.16 Å². The van der Waals surface area contributed by atoms with Crippen LogP contribution in [0, 0.1) is 0 Å². The molecule has 0 aromatic heterocycles. The highest BCUT2D eigenvalue weighted by Gasteiger charge is 2.46. The third-order valence-corrected chi connectivity index (χ3v) is 4.49. The van der Waals surface area contributed by atoms with Gasteiger partial charge in [0.15, 0.2) is 6.29 Å². The van der Waals surface area contributed by atoms with Crippen LogP contribution < -0.4 is 5.73 Å². The number of nitrogens with two attached hydrogens (primary N) is 1. The molecule has 0 bridgehead atoms. The lowest BCUT2D eigenvalue weighted by atomic mass is 9.98. The summed E-state index contributed by atoms with van der Waals surface area (Å²) in [5, 5.41) is 81.9. The summed E-state index contributed by atoms with van der Waals surface area (Å²) in [7, 11) is 0. The highest BCUT2D eigenvalue weighted by atomic mass is 16.7. The lowest BCUT2D eigenvalue weighted by Gasteiger charge is -2.42. The van der Waals surface area contributed by atoms with Gasteiger partial charge in [0.2, 0.25) is 0 Å². The van der Waals surface area contributed by atoms with E-state index in [4.69, 9.17) is 24.8 Å². The third-order valence-electron chi connectivity index (χ3n) is 4.49. The number of rotatable bonds is 15. The van der Waals surface area contributed by atoms with Crippen molar-refractivity contribution >= 4 is 6.21 Å². The molecule has 0 spiro atoms. The van der Waals surface area contributed by atoms with Gasteiger partial charge in [-0.05, 0) is 13.0 Å². The Kier molecular flexibility index (Phi) is 13.5. The fourth-order valence-corrected chi connectivity index (χ4v) is 2.66. The van der Waals surface area contributed by atoms with Gasteiger partial charge in [0, 0.05) is 6.61 Å². The van der Waals surface area contributed by atoms with E-state index in [1.807, 2.05) is 0 Å². The molecule has 14 heteroatoms. The van der Waals surface area contributed by atoms with E-state index in [-0.39, 0.29) is 13.2 Å². The van der Waals surface area contributed by atoms with Gasteiger partial charge in [-0.2, -0.15) is 0 Å². The van der Waals surface area contributed by atoms with Crippen molar-refractivity contribution in [1.82, 2.24) is 0 Å². The molecule has 1 rings (SSSR count). The Hall–Kier alpha value is -1.01. The summed E-state index contributed by atoms with van der Waals surface area (Å²) in [6.45, 7) is -0.366. The van der Waals surface area contributed by atoms with Gasteiger partial charge in [0.1, 0.15) is 55.4 Å². The van der Waals surface area contributed by atoms with Crippen LogP contribution in [0.2, 0.25) is 0 Å². The number of ether oxygens (including phenoxy) is 3. The maximum absolute atomic E-state index is 10.3. The molecule has 9 atom stereocenters. The Morgan fingerprint density at radius 1 is 1.00 bits per heavy atom. The molecule has 1 aliphatic rings. The molecule has 0 amide bonds. The van der Waals surface area contributed by atoms with Crippen LogP contribution in [0.3, 0.4) is 0 Å². The minimum Gasteiger partial charge on any atom is -0.394 e. The van der Waals surface area contributed by atoms with E-state index in [1.54, 1.807) is 0 Å². The SMILES string of the molecule is NCCCOCCO/N=C/[C@H](O)[C@@H](O)[C@H](O[C@@H]1O[C@H](CO)[C@@H](O)[C@H](O)[C@H]1O)[C@H](O)CO. The summed E-state index contributed by atoms with van der Waals surface area (Å²) in [5.74, 6) is 0. The van der Waals surface area contributed by atoms with E-state index in [2.05, 4.69) is 5.16 Å². The van der Waals surface area contributed by atoms with Crippen LogP contribution in [-0.2, 0) is 19.0 Å². The number of nitrogens with zero attached hydrogens (tertiary/aromatic N) is 1. The number of hydrogen-bond donors (Lipinski definition) is 9. The molecule has 0 saturated carbocycles. The molecule has 0 aromatic rings. The van der Waals surface area contributed by atoms with Crippen molar-refractivity contribution in [1.29, 1.82) is 0 Å². The monoisotopic (exact) mass is 458 g/mol. The highest BCUT2D eigenvalue weighted by molar-refractivity contribution is 5.63. The predicted molar refractivity (Wildman–Crippen MR) is 103 cm³/mol. The zero-order chi connectivity index (χ0) is 23.4. The summed E-state index contributed by atoms with van der Waals surface area (Å²) < 4.78 is 15.6. The van der Waals surface area contributed by atoms with Crippen LogP contribution in [-0.4, -0.2) is 142 Å². The molecule has 1 aliphatic heterocycles. The molecule has 1 fully saturated rings. The van der Waals surface area contributed by atoms with E-state index in [0.29, 0.717) is 19.6 Å². The van der Waals surface area contributed by atoms with Gasteiger partial charge in [0.05, 0.1) is 26.0 Å². The average Bonchev–Trinajstić information content (AvgIpc) is 2.77. The topological polar surface area (TPSA) is 237 Å². The first kappa shape index (κ1) is 28.0. The molecule has 1 saturated heterocycles. The van der Waals surface area contributed by atoms with E-state index >= 15 is 0 Å². The largest absolute Gasteiger partial charge is 0.394 e. The van der Waals surface area contributed by atoms with Crippen LogP contribution in [0.4, 0.5) is 0 Å². The summed E-state index contributed by atoms with van der Waals surface area (Å²) in [4.78, 5) is 4.86. The van der Waals surface area contributed by atoms with Crippen molar-refractivity contribution in [3.05, 3.63) is 0 Å². The first-order valence-corrected chi connectivity index (χ1v) is 9.82. The quantitative estimate of drug-likeness (QED) is 0.0633. The third kappa shape index (κ3) is 8.80. The molecule has 0 aromatic carbocycles. The molecule has 184 valence electrons. The Balaban J connectivity index is 2.66. The maximum atomic E-state index is 10.3. The molecule has 31 heavy (non-hydrogen) atoms. The van der Waals surface area contributed by atoms with Crippen molar-refractivity contribution in [2.45, 2.75) is 61.5 Å². The normalized spacial score (nSPS) is 30.8. The zero-order valence-corrected chi connectivity index (χ0v) is 17.0. The van der Waals surface area contributed by atoms with Gasteiger partial charge in [-0.15, -0.1) is 0 Å². The Bertz CT molecular complexity index is 500. The van der Waals surface area contributed by atoms with Crippen LogP contribution in [0.5, 0.6) is 0 Å². The predicted octanol–water partition coefficient (Wildman–Crippen LogP) is -5.39. The average molecular weight is 458 g/mol. The van der Waals surface area contributed by atoms with Crippen LogP contribution in [0.1, 0.15) is 6.42 Å². The Morgan fingerprint density at radius 2 is 1.71 bits per heavy atom. The van der Waals surface area contributed by atoms with Crippen molar-refractivity contribution in [2.24, 2.45) is 10.9 Å². The Morgan fingerprint density at radius 3 is 2.32 bits per heavy atom. The Labute approximate surface area is 179 Å². The molecule has 10 N–H and O–H groups in total. The summed E-state index contributed by atoms with van der Waals surface area (Å²) in [6, 6.07) is 0. The van der Waals surface area contributed by atoms with Crippen molar-refractivity contribution in [2.75, 3.05) is 39.6 Å². The summed E-state index contributed by atoms with van der Waals surface area (Å²) in [6.07, 6.45) is -13.7. The minimum atomic E-state index is -1.87. The molecule has 1 heterocycles. The van der Waals surface area contributed by atoms with Gasteiger partial charge >= 0.3 is 0 Å². The van der Waals surface area contributed by atoms with Gasteiger partial charge < -0.3 is 65.6 Å². The first-order chi connectivity index (χ1) is 14.8. The molecular formula is C17H34N2O12. The summed E-state index contributed by atoms with van der Waals surface area (Å²) >= 11 is 0. The number of aliphatic hydroxyl groups excluding tert-OH is 8.